The van der Waals surface area contributed by atoms with Crippen molar-refractivity contribution in [1.82, 2.24) is 10.6 Å². The molecule has 0 aliphatic carbocycles. The number of sulfone groups is 1. The van der Waals surface area contributed by atoms with Crippen molar-refractivity contribution in [2.75, 3.05) is 31.1 Å². The highest BCUT2D eigenvalue weighted by molar-refractivity contribution is 7.91. The van der Waals surface area contributed by atoms with Crippen LogP contribution in [0.1, 0.15) is 26.7 Å². The molecule has 2 atom stereocenters. The zero-order valence-corrected chi connectivity index (χ0v) is 11.1. The summed E-state index contributed by atoms with van der Waals surface area (Å²) >= 11 is 0. The van der Waals surface area contributed by atoms with Crippen LogP contribution in [0, 0.1) is 5.92 Å². The summed E-state index contributed by atoms with van der Waals surface area (Å²) in [6, 6.07) is 0.412. The van der Waals surface area contributed by atoms with Crippen molar-refractivity contribution in [3.05, 3.63) is 0 Å². The second kappa shape index (κ2) is 6.57. The fourth-order valence-electron chi connectivity index (χ4n) is 1.97. The lowest BCUT2D eigenvalue weighted by Gasteiger charge is -2.16. The predicted octanol–water partition coefficient (Wildman–Crippen LogP) is 0.399. The first-order chi connectivity index (χ1) is 7.53. The Hall–Kier alpha value is -0.130. The highest BCUT2D eigenvalue weighted by Gasteiger charge is 2.27. The predicted molar refractivity (Wildman–Crippen MR) is 67.4 cm³/mol. The van der Waals surface area contributed by atoms with Gasteiger partial charge in [-0.2, -0.15) is 0 Å². The topological polar surface area (TPSA) is 58.2 Å². The summed E-state index contributed by atoms with van der Waals surface area (Å²) in [5, 5.41) is 6.74. The first kappa shape index (κ1) is 13.9. The molecule has 0 bridgehead atoms. The van der Waals surface area contributed by atoms with E-state index in [4.69, 9.17) is 0 Å². The van der Waals surface area contributed by atoms with Crippen LogP contribution in [0.3, 0.4) is 0 Å². The largest absolute Gasteiger partial charge is 0.315 e. The van der Waals surface area contributed by atoms with E-state index < -0.39 is 9.84 Å². The number of hydrogen-bond donors (Lipinski definition) is 2. The second-order valence-electron chi connectivity index (χ2n) is 4.78. The first-order valence-corrected chi connectivity index (χ1v) is 8.00. The molecule has 0 spiro atoms. The highest BCUT2D eigenvalue weighted by atomic mass is 32.2. The van der Waals surface area contributed by atoms with Gasteiger partial charge >= 0.3 is 0 Å². The van der Waals surface area contributed by atoms with Crippen LogP contribution in [-0.4, -0.2) is 45.6 Å². The third-order valence-electron chi connectivity index (χ3n) is 2.96. The van der Waals surface area contributed by atoms with Crippen LogP contribution in [0.15, 0.2) is 0 Å². The fraction of sp³-hybridized carbons (Fsp3) is 1.00. The van der Waals surface area contributed by atoms with Crippen molar-refractivity contribution in [3.8, 4) is 0 Å². The Labute approximate surface area is 99.1 Å². The lowest BCUT2D eigenvalue weighted by Crippen LogP contribution is -2.39. The quantitative estimate of drug-likeness (QED) is 0.640. The number of hydrogen-bond acceptors (Lipinski definition) is 4. The Kier molecular flexibility index (Phi) is 5.72. The fourth-order valence-corrected chi connectivity index (χ4v) is 3.83. The molecule has 0 amide bonds. The Morgan fingerprint density at radius 2 is 2.19 bits per heavy atom. The maximum Gasteiger partial charge on any atom is 0.150 e. The Bertz CT molecular complexity index is 290. The monoisotopic (exact) mass is 248 g/mol. The van der Waals surface area contributed by atoms with Crippen molar-refractivity contribution in [1.29, 1.82) is 0 Å². The molecule has 0 radical (unpaired) electrons. The van der Waals surface area contributed by atoms with E-state index in [0.29, 0.717) is 23.5 Å². The minimum Gasteiger partial charge on any atom is -0.315 e. The molecule has 1 saturated heterocycles. The number of nitrogens with one attached hydrogen (secondary N) is 2. The van der Waals surface area contributed by atoms with Crippen LogP contribution in [0.4, 0.5) is 0 Å². The van der Waals surface area contributed by atoms with Gasteiger partial charge in [0.25, 0.3) is 0 Å². The maximum absolute atomic E-state index is 11.3. The molecule has 5 heteroatoms. The summed E-state index contributed by atoms with van der Waals surface area (Å²) < 4.78 is 22.5. The average molecular weight is 248 g/mol. The summed E-state index contributed by atoms with van der Waals surface area (Å²) in [4.78, 5) is 0. The van der Waals surface area contributed by atoms with Crippen LogP contribution in [0.2, 0.25) is 0 Å². The van der Waals surface area contributed by atoms with Gasteiger partial charge in [0.15, 0.2) is 9.84 Å². The van der Waals surface area contributed by atoms with Gasteiger partial charge in [-0.1, -0.05) is 6.92 Å². The van der Waals surface area contributed by atoms with E-state index in [9.17, 15) is 8.42 Å². The summed E-state index contributed by atoms with van der Waals surface area (Å²) in [5.41, 5.74) is 0. The standard InChI is InChI=1S/C11H24N2O2S/c1-3-5-12-7-10(2)13-8-11-4-6-16(14,15)9-11/h10-13H,3-9H2,1-2H3. The van der Waals surface area contributed by atoms with Crippen LogP contribution in [0.5, 0.6) is 0 Å². The molecule has 2 unspecified atom stereocenters. The lowest BCUT2D eigenvalue weighted by atomic mass is 10.1. The molecule has 0 aromatic carbocycles. The van der Waals surface area contributed by atoms with Crippen molar-refractivity contribution < 1.29 is 8.42 Å². The summed E-state index contributed by atoms with van der Waals surface area (Å²) in [7, 11) is -2.72. The van der Waals surface area contributed by atoms with Crippen LogP contribution < -0.4 is 10.6 Å². The van der Waals surface area contributed by atoms with Crippen LogP contribution in [0.25, 0.3) is 0 Å². The van der Waals surface area contributed by atoms with Crippen molar-refractivity contribution >= 4 is 9.84 Å². The van der Waals surface area contributed by atoms with Crippen molar-refractivity contribution in [2.45, 2.75) is 32.7 Å². The van der Waals surface area contributed by atoms with Gasteiger partial charge in [-0.3, -0.25) is 0 Å². The third kappa shape index (κ3) is 5.27. The molecular formula is C11H24N2O2S. The zero-order chi connectivity index (χ0) is 12.0. The Morgan fingerprint density at radius 1 is 1.44 bits per heavy atom. The molecule has 1 fully saturated rings. The average Bonchev–Trinajstić information content (AvgIpc) is 2.56. The minimum absolute atomic E-state index is 0.318. The molecule has 0 aromatic rings. The van der Waals surface area contributed by atoms with E-state index >= 15 is 0 Å². The molecule has 96 valence electrons. The third-order valence-corrected chi connectivity index (χ3v) is 4.80. The van der Waals surface area contributed by atoms with Crippen LogP contribution in [-0.2, 0) is 9.84 Å². The van der Waals surface area contributed by atoms with Gasteiger partial charge in [0.05, 0.1) is 11.5 Å². The van der Waals surface area contributed by atoms with E-state index in [1.807, 2.05) is 0 Å². The van der Waals surface area contributed by atoms with Crippen molar-refractivity contribution in [2.24, 2.45) is 5.92 Å². The van der Waals surface area contributed by atoms with E-state index in [1.165, 1.54) is 0 Å². The molecule has 0 saturated carbocycles. The van der Waals surface area contributed by atoms with Gasteiger partial charge in [0.1, 0.15) is 0 Å². The van der Waals surface area contributed by atoms with E-state index in [-0.39, 0.29) is 0 Å². The van der Waals surface area contributed by atoms with Gasteiger partial charge in [0, 0.05) is 12.6 Å². The smallest absolute Gasteiger partial charge is 0.150 e. The normalized spacial score (nSPS) is 25.8. The lowest BCUT2D eigenvalue weighted by molar-refractivity contribution is 0.447. The first-order valence-electron chi connectivity index (χ1n) is 6.18. The molecule has 1 aliphatic heterocycles. The summed E-state index contributed by atoms with van der Waals surface area (Å²) in [6.07, 6.45) is 1.97. The second-order valence-corrected chi connectivity index (χ2v) is 7.01. The van der Waals surface area contributed by atoms with Gasteiger partial charge in [-0.15, -0.1) is 0 Å². The zero-order valence-electron chi connectivity index (χ0n) is 10.3. The summed E-state index contributed by atoms with van der Waals surface area (Å²) in [6.45, 7) is 7.10. The molecule has 0 aromatic heterocycles. The van der Waals surface area contributed by atoms with Gasteiger partial charge in [-0.05, 0) is 38.8 Å². The molecule has 1 heterocycles. The molecule has 4 nitrogen and oxygen atoms in total. The Morgan fingerprint density at radius 3 is 2.75 bits per heavy atom. The Balaban J connectivity index is 2.10. The van der Waals surface area contributed by atoms with E-state index in [0.717, 1.165) is 32.5 Å². The number of rotatable bonds is 7. The highest BCUT2D eigenvalue weighted by Crippen LogP contribution is 2.17. The summed E-state index contributed by atoms with van der Waals surface area (Å²) in [5.74, 6) is 1.07. The minimum atomic E-state index is -2.72. The molecule has 1 aliphatic rings. The van der Waals surface area contributed by atoms with Crippen molar-refractivity contribution in [3.63, 3.8) is 0 Å². The maximum atomic E-state index is 11.3. The molecule has 2 N–H and O–H groups in total. The van der Waals surface area contributed by atoms with E-state index in [2.05, 4.69) is 24.5 Å². The molecule has 1 rings (SSSR count). The van der Waals surface area contributed by atoms with Gasteiger partial charge in [-0.25, -0.2) is 8.42 Å². The van der Waals surface area contributed by atoms with Gasteiger partial charge < -0.3 is 10.6 Å². The van der Waals surface area contributed by atoms with E-state index in [1.54, 1.807) is 0 Å². The molecular weight excluding hydrogens is 224 g/mol. The van der Waals surface area contributed by atoms with Crippen LogP contribution >= 0.6 is 0 Å². The van der Waals surface area contributed by atoms with Gasteiger partial charge in [0.2, 0.25) is 0 Å². The SMILES string of the molecule is CCCNCC(C)NCC1CCS(=O)(=O)C1. The molecule has 16 heavy (non-hydrogen) atoms.